The topological polar surface area (TPSA) is 64.3 Å². The lowest BCUT2D eigenvalue weighted by molar-refractivity contribution is 0.0474. The maximum atomic E-state index is 13.9. The molecule has 2 atom stereocenters. The minimum absolute atomic E-state index is 0.171. The van der Waals surface area contributed by atoms with Gasteiger partial charge in [-0.15, -0.1) is 0 Å². The molecular weight excluding hydrogens is 247 g/mol. The molecule has 0 spiro atoms. The van der Waals surface area contributed by atoms with Gasteiger partial charge in [0.2, 0.25) is 0 Å². The molecule has 4 nitrogen and oxygen atoms in total. The van der Waals surface area contributed by atoms with Crippen LogP contribution in [0.1, 0.15) is 32.4 Å². The van der Waals surface area contributed by atoms with Gasteiger partial charge >= 0.3 is 6.09 Å². The Labute approximate surface area is 113 Å². The van der Waals surface area contributed by atoms with Crippen LogP contribution in [0, 0.1) is 0 Å². The minimum Gasteiger partial charge on any atom is -0.444 e. The van der Waals surface area contributed by atoms with Crippen molar-refractivity contribution in [1.29, 1.82) is 0 Å². The molecule has 3 N–H and O–H groups in total. The number of nitrogens with one attached hydrogen (secondary N) is 1. The van der Waals surface area contributed by atoms with Crippen LogP contribution in [0.25, 0.3) is 0 Å². The number of benzene rings is 1. The maximum Gasteiger partial charge on any atom is 0.408 e. The number of nitrogens with two attached hydrogens (primary N) is 1. The number of carbonyl (C=O) groups excluding carboxylic acids is 1. The van der Waals surface area contributed by atoms with Crippen LogP contribution in [0.3, 0.4) is 0 Å². The lowest BCUT2D eigenvalue weighted by Crippen LogP contribution is -2.40. The van der Waals surface area contributed by atoms with Crippen molar-refractivity contribution in [1.82, 2.24) is 5.32 Å². The van der Waals surface area contributed by atoms with E-state index in [1.807, 2.05) is 6.07 Å². The van der Waals surface area contributed by atoms with Crippen molar-refractivity contribution in [2.75, 3.05) is 6.54 Å². The molecule has 1 aromatic rings. The van der Waals surface area contributed by atoms with Gasteiger partial charge in [0.25, 0.3) is 0 Å². The molecule has 0 saturated carbocycles. The molecule has 0 saturated heterocycles. The molecule has 1 amide bonds. The van der Waals surface area contributed by atoms with Gasteiger partial charge in [-0.05, 0) is 26.3 Å². The van der Waals surface area contributed by atoms with Crippen molar-refractivity contribution in [2.24, 2.45) is 5.73 Å². The van der Waals surface area contributed by atoms with Gasteiger partial charge in [0.15, 0.2) is 0 Å². The molecule has 0 aliphatic heterocycles. The van der Waals surface area contributed by atoms with E-state index in [-0.39, 0.29) is 6.54 Å². The number of halogens is 1. The molecule has 0 aromatic heterocycles. The Balaban J connectivity index is 2.80. The summed E-state index contributed by atoms with van der Waals surface area (Å²) in [6.45, 7) is 5.08. The number of rotatable bonds is 4. The molecule has 1 rings (SSSR count). The summed E-state index contributed by atoms with van der Waals surface area (Å²) in [5.74, 6) is 0. The first-order valence-corrected chi connectivity index (χ1v) is 6.22. The summed E-state index contributed by atoms with van der Waals surface area (Å²) in [7, 11) is 0. The molecule has 0 bridgehead atoms. The van der Waals surface area contributed by atoms with Gasteiger partial charge in [0.1, 0.15) is 11.8 Å². The van der Waals surface area contributed by atoms with Crippen LogP contribution in [0.5, 0.6) is 0 Å². The smallest absolute Gasteiger partial charge is 0.408 e. The van der Waals surface area contributed by atoms with Crippen molar-refractivity contribution in [3.05, 3.63) is 35.9 Å². The van der Waals surface area contributed by atoms with E-state index in [4.69, 9.17) is 10.5 Å². The third-order valence-electron chi connectivity index (χ3n) is 2.42. The zero-order valence-electron chi connectivity index (χ0n) is 11.5. The van der Waals surface area contributed by atoms with Gasteiger partial charge in [-0.2, -0.15) is 0 Å². The summed E-state index contributed by atoms with van der Waals surface area (Å²) < 4.78 is 19.0. The van der Waals surface area contributed by atoms with E-state index in [0.29, 0.717) is 5.56 Å². The first kappa shape index (κ1) is 15.4. The number of alkyl halides is 1. The van der Waals surface area contributed by atoms with Gasteiger partial charge in [-0.25, -0.2) is 9.18 Å². The van der Waals surface area contributed by atoms with Gasteiger partial charge in [-0.3, -0.25) is 0 Å². The Kier molecular flexibility index (Phi) is 5.30. The summed E-state index contributed by atoms with van der Waals surface area (Å²) in [4.78, 5) is 11.7. The summed E-state index contributed by atoms with van der Waals surface area (Å²) in [6.07, 6.45) is -2.02. The molecule has 0 heterocycles. The number of alkyl carbamates (subject to hydrolysis) is 1. The zero-order chi connectivity index (χ0) is 14.5. The van der Waals surface area contributed by atoms with Crippen molar-refractivity contribution in [3.8, 4) is 0 Å². The Morgan fingerprint density at radius 3 is 2.42 bits per heavy atom. The van der Waals surface area contributed by atoms with Crippen molar-refractivity contribution in [2.45, 2.75) is 38.6 Å². The molecule has 1 aromatic carbocycles. The first-order valence-electron chi connectivity index (χ1n) is 6.22. The molecule has 0 aliphatic rings. The molecule has 5 heteroatoms. The lowest BCUT2D eigenvalue weighted by atomic mass is 10.0. The summed E-state index contributed by atoms with van der Waals surface area (Å²) >= 11 is 0. The minimum atomic E-state index is -1.37. The van der Waals surface area contributed by atoms with Crippen LogP contribution in [0.2, 0.25) is 0 Å². The standard InChI is InChI=1S/C14H21FN2O2/c1-14(2,3)19-13(18)17-12(11(15)9-16)10-7-5-4-6-8-10/h4-8,11-12H,9,16H2,1-3H3,(H,17,18). The molecule has 19 heavy (non-hydrogen) atoms. The summed E-state index contributed by atoms with van der Waals surface area (Å²) in [6, 6.07) is 8.06. The molecule has 2 unspecified atom stereocenters. The Morgan fingerprint density at radius 2 is 1.95 bits per heavy atom. The maximum absolute atomic E-state index is 13.9. The van der Waals surface area contributed by atoms with Crippen molar-refractivity contribution < 1.29 is 13.9 Å². The fourth-order valence-corrected chi connectivity index (χ4v) is 1.61. The summed E-state index contributed by atoms with van der Waals surface area (Å²) in [5.41, 5.74) is 5.38. The number of carbonyl (C=O) groups is 1. The lowest BCUT2D eigenvalue weighted by Gasteiger charge is -2.25. The quantitative estimate of drug-likeness (QED) is 0.882. The van der Waals surface area contributed by atoms with E-state index in [1.165, 1.54) is 0 Å². The van der Waals surface area contributed by atoms with Crippen molar-refractivity contribution >= 4 is 6.09 Å². The normalized spacial score (nSPS) is 14.6. The second-order valence-electron chi connectivity index (χ2n) is 5.29. The van der Waals surface area contributed by atoms with Crippen LogP contribution in [-0.2, 0) is 4.74 Å². The predicted octanol–water partition coefficient (Wildman–Crippen LogP) is 2.55. The fourth-order valence-electron chi connectivity index (χ4n) is 1.61. The molecular formula is C14H21FN2O2. The monoisotopic (exact) mass is 268 g/mol. The SMILES string of the molecule is CC(C)(C)OC(=O)NC(c1ccccc1)C(F)CN. The second kappa shape index (κ2) is 6.52. The highest BCUT2D eigenvalue weighted by Gasteiger charge is 2.26. The zero-order valence-corrected chi connectivity index (χ0v) is 11.5. The third-order valence-corrected chi connectivity index (χ3v) is 2.42. The molecule has 0 fully saturated rings. The highest BCUT2D eigenvalue weighted by molar-refractivity contribution is 5.68. The third kappa shape index (κ3) is 5.26. The number of hydrogen-bond acceptors (Lipinski definition) is 3. The van der Waals surface area contributed by atoms with Gasteiger partial charge in [-0.1, -0.05) is 30.3 Å². The van der Waals surface area contributed by atoms with Crippen LogP contribution in [0.15, 0.2) is 30.3 Å². The Morgan fingerprint density at radius 1 is 1.37 bits per heavy atom. The average Bonchev–Trinajstić information content (AvgIpc) is 2.34. The van der Waals surface area contributed by atoms with Crippen LogP contribution < -0.4 is 11.1 Å². The number of ether oxygens (including phenoxy) is 1. The van der Waals surface area contributed by atoms with Crippen molar-refractivity contribution in [3.63, 3.8) is 0 Å². The molecule has 0 aliphatic carbocycles. The summed E-state index contributed by atoms with van der Waals surface area (Å²) in [5, 5.41) is 2.52. The highest BCUT2D eigenvalue weighted by atomic mass is 19.1. The van der Waals surface area contributed by atoms with E-state index in [1.54, 1.807) is 45.0 Å². The Bertz CT molecular complexity index is 404. The highest BCUT2D eigenvalue weighted by Crippen LogP contribution is 2.19. The van der Waals surface area contributed by atoms with E-state index in [2.05, 4.69) is 5.32 Å². The largest absolute Gasteiger partial charge is 0.444 e. The number of hydrogen-bond donors (Lipinski definition) is 2. The first-order chi connectivity index (χ1) is 8.83. The average molecular weight is 268 g/mol. The van der Waals surface area contributed by atoms with Crippen LogP contribution >= 0.6 is 0 Å². The molecule has 0 radical (unpaired) electrons. The van der Waals surface area contributed by atoms with Gasteiger partial charge < -0.3 is 15.8 Å². The fraction of sp³-hybridized carbons (Fsp3) is 0.500. The predicted molar refractivity (Wildman–Crippen MR) is 72.5 cm³/mol. The van der Waals surface area contributed by atoms with Crippen LogP contribution in [0.4, 0.5) is 9.18 Å². The van der Waals surface area contributed by atoms with E-state index >= 15 is 0 Å². The van der Waals surface area contributed by atoms with E-state index in [9.17, 15) is 9.18 Å². The molecule has 106 valence electrons. The Hall–Kier alpha value is -1.62. The second-order valence-corrected chi connectivity index (χ2v) is 5.29. The van der Waals surface area contributed by atoms with E-state index in [0.717, 1.165) is 0 Å². The number of amides is 1. The van der Waals surface area contributed by atoms with Gasteiger partial charge in [0.05, 0.1) is 6.04 Å². The van der Waals surface area contributed by atoms with E-state index < -0.39 is 23.9 Å². The van der Waals surface area contributed by atoms with Gasteiger partial charge in [0, 0.05) is 6.54 Å². The van der Waals surface area contributed by atoms with Crippen LogP contribution in [-0.4, -0.2) is 24.4 Å².